The second kappa shape index (κ2) is 10.1. The minimum Gasteiger partial charge on any atom is -0.408 e. The quantitative estimate of drug-likeness (QED) is 0.317. The zero-order chi connectivity index (χ0) is 27.2. The Hall–Kier alpha value is -1.58. The van der Waals surface area contributed by atoms with Crippen molar-refractivity contribution < 1.29 is 28.1 Å². The predicted octanol–water partition coefficient (Wildman–Crippen LogP) is 6.59. The summed E-state index contributed by atoms with van der Waals surface area (Å²) in [6.07, 6.45) is 0.434. The highest BCUT2D eigenvalue weighted by Crippen LogP contribution is 2.60. The van der Waals surface area contributed by atoms with Gasteiger partial charge in [0.2, 0.25) is 0 Å². The number of rotatable bonds is 10. The lowest BCUT2D eigenvalue weighted by molar-refractivity contribution is -0.278. The van der Waals surface area contributed by atoms with Crippen molar-refractivity contribution in [2.24, 2.45) is 0 Å². The smallest absolute Gasteiger partial charge is 0.192 e. The Bertz CT molecular complexity index is 1080. The molecule has 2 aliphatic heterocycles. The van der Waals surface area contributed by atoms with Crippen LogP contribution in [-0.2, 0) is 41.3 Å². The molecule has 7 heteroatoms. The minimum atomic E-state index is -2.15. The maximum absolute atomic E-state index is 7.23. The molecule has 2 aromatic rings. The van der Waals surface area contributed by atoms with Crippen molar-refractivity contribution in [3.63, 3.8) is 0 Å². The van der Waals surface area contributed by atoms with Gasteiger partial charge in [0.15, 0.2) is 26.0 Å². The van der Waals surface area contributed by atoms with E-state index in [2.05, 4.69) is 58.1 Å². The van der Waals surface area contributed by atoms with Gasteiger partial charge in [-0.25, -0.2) is 0 Å². The molecule has 2 saturated heterocycles. The highest BCUT2D eigenvalue weighted by Gasteiger charge is 2.75. The maximum atomic E-state index is 7.23. The van der Waals surface area contributed by atoms with Gasteiger partial charge < -0.3 is 28.1 Å². The molecule has 3 aliphatic rings. The topological polar surface area (TPSA) is 55.4 Å². The molecule has 3 fully saturated rings. The monoisotopic (exact) mass is 540 g/mol. The molecule has 0 aromatic heterocycles. The third kappa shape index (κ3) is 5.39. The number of fused-ring (bicyclic) bond motifs is 1. The van der Waals surface area contributed by atoms with Crippen molar-refractivity contribution in [3.8, 4) is 0 Å². The van der Waals surface area contributed by atoms with E-state index < -0.39 is 37.7 Å². The Morgan fingerprint density at radius 2 is 1.42 bits per heavy atom. The van der Waals surface area contributed by atoms with Crippen molar-refractivity contribution in [2.45, 2.75) is 114 Å². The fourth-order valence-corrected chi connectivity index (χ4v) is 7.12. The van der Waals surface area contributed by atoms with Gasteiger partial charge in [0.05, 0.1) is 25.4 Å². The number of ether oxygens (including phenoxy) is 5. The first-order chi connectivity index (χ1) is 17.9. The lowest BCUT2D eigenvalue weighted by Gasteiger charge is -2.48. The zero-order valence-electron chi connectivity index (χ0n) is 24.0. The third-order valence-electron chi connectivity index (χ3n) is 8.61. The van der Waals surface area contributed by atoms with Gasteiger partial charge in [0, 0.05) is 0 Å². The van der Waals surface area contributed by atoms with E-state index in [1.54, 1.807) is 0 Å². The Morgan fingerprint density at radius 1 is 0.842 bits per heavy atom. The van der Waals surface area contributed by atoms with Crippen LogP contribution in [0.5, 0.6) is 0 Å². The Labute approximate surface area is 229 Å². The lowest BCUT2D eigenvalue weighted by Crippen LogP contribution is -2.63. The van der Waals surface area contributed by atoms with Crippen LogP contribution in [0, 0.1) is 0 Å². The van der Waals surface area contributed by atoms with Crippen LogP contribution in [-0.4, -0.2) is 50.4 Å². The summed E-state index contributed by atoms with van der Waals surface area (Å²) in [6.45, 7) is 16.5. The molecular formula is C31H44O6Si. The fourth-order valence-electron chi connectivity index (χ4n) is 5.46. The van der Waals surface area contributed by atoms with Gasteiger partial charge in [0.1, 0.15) is 12.2 Å². The molecule has 1 aliphatic carbocycles. The number of hydrogen-bond donors (Lipinski definition) is 0. The normalized spacial score (nSPS) is 29.8. The average molecular weight is 541 g/mol. The van der Waals surface area contributed by atoms with E-state index in [0.29, 0.717) is 19.8 Å². The lowest BCUT2D eigenvalue weighted by atomic mass is 9.87. The highest BCUT2D eigenvalue weighted by atomic mass is 28.4. The second-order valence-corrected chi connectivity index (χ2v) is 17.8. The van der Waals surface area contributed by atoms with E-state index in [-0.39, 0.29) is 11.1 Å². The van der Waals surface area contributed by atoms with Crippen LogP contribution in [0.4, 0.5) is 0 Å². The molecule has 0 amide bonds. The van der Waals surface area contributed by atoms with Crippen LogP contribution in [0.2, 0.25) is 18.1 Å². The fraction of sp³-hybridized carbons (Fsp3) is 0.613. The molecule has 38 heavy (non-hydrogen) atoms. The molecular weight excluding hydrogens is 496 g/mol. The van der Waals surface area contributed by atoms with Gasteiger partial charge >= 0.3 is 0 Å². The summed E-state index contributed by atoms with van der Waals surface area (Å²) in [6, 6.07) is 20.5. The summed E-state index contributed by atoms with van der Waals surface area (Å²) in [5.41, 5.74) is 0.836. The van der Waals surface area contributed by atoms with Crippen LogP contribution in [0.15, 0.2) is 60.7 Å². The van der Waals surface area contributed by atoms with Crippen molar-refractivity contribution in [1.82, 2.24) is 0 Å². The first-order valence-corrected chi connectivity index (χ1v) is 16.8. The standard InChI is InChI=1S/C31H44O6Si/c1-28(2,3)38(6,7)37-30(18-19-30)31(22-32-20-23-14-10-8-11-15-23)26(33-21-24-16-12-9-13-17-24)25-27(36-31)35-29(4,5)34-25/h8-17,25-27H,18-22H2,1-7H3/t25?,26?,27-,31?/m0/s1. The Kier molecular flexibility index (Phi) is 7.44. The van der Waals surface area contributed by atoms with E-state index in [9.17, 15) is 0 Å². The largest absolute Gasteiger partial charge is 0.408 e. The minimum absolute atomic E-state index is 0.0541. The summed E-state index contributed by atoms with van der Waals surface area (Å²) in [7, 11) is -2.15. The van der Waals surface area contributed by atoms with Crippen molar-refractivity contribution in [2.75, 3.05) is 6.61 Å². The first kappa shape index (κ1) is 28.0. The molecule has 0 radical (unpaired) electrons. The van der Waals surface area contributed by atoms with Crippen LogP contribution in [0.25, 0.3) is 0 Å². The molecule has 0 bridgehead atoms. The van der Waals surface area contributed by atoms with Gasteiger partial charge in [-0.2, -0.15) is 0 Å². The second-order valence-electron chi connectivity index (χ2n) is 13.0. The summed E-state index contributed by atoms with van der Waals surface area (Å²) in [5, 5.41) is 0.0541. The molecule has 4 atom stereocenters. The predicted molar refractivity (Wildman–Crippen MR) is 149 cm³/mol. The van der Waals surface area contributed by atoms with Crippen LogP contribution in [0.3, 0.4) is 0 Å². The van der Waals surface area contributed by atoms with Crippen LogP contribution >= 0.6 is 0 Å². The SMILES string of the molecule is CC1(C)OC2C(OCc3ccccc3)C(COCc3ccccc3)(C3(O[Si](C)(C)C(C)(C)C)CC3)O[C@@H]2O1. The highest BCUT2D eigenvalue weighted by molar-refractivity contribution is 6.74. The van der Waals surface area contributed by atoms with Gasteiger partial charge in [0.25, 0.3) is 0 Å². The summed E-state index contributed by atoms with van der Waals surface area (Å²) < 4.78 is 40.1. The molecule has 6 nitrogen and oxygen atoms in total. The van der Waals surface area contributed by atoms with Gasteiger partial charge in [-0.05, 0) is 55.9 Å². The van der Waals surface area contributed by atoms with E-state index >= 15 is 0 Å². The molecule has 1 saturated carbocycles. The first-order valence-electron chi connectivity index (χ1n) is 13.9. The summed E-state index contributed by atoms with van der Waals surface area (Å²) in [5.74, 6) is -0.752. The van der Waals surface area contributed by atoms with E-state index in [4.69, 9.17) is 28.1 Å². The summed E-state index contributed by atoms with van der Waals surface area (Å²) >= 11 is 0. The van der Waals surface area contributed by atoms with Crippen molar-refractivity contribution >= 4 is 8.32 Å². The van der Waals surface area contributed by atoms with Crippen LogP contribution in [0.1, 0.15) is 58.6 Å². The van der Waals surface area contributed by atoms with Crippen molar-refractivity contribution in [1.29, 1.82) is 0 Å². The molecule has 2 heterocycles. The zero-order valence-corrected chi connectivity index (χ0v) is 25.0. The van der Waals surface area contributed by atoms with Crippen molar-refractivity contribution in [3.05, 3.63) is 71.8 Å². The van der Waals surface area contributed by atoms with Gasteiger partial charge in [-0.1, -0.05) is 81.4 Å². The van der Waals surface area contributed by atoms with Gasteiger partial charge in [-0.3, -0.25) is 0 Å². The number of hydrogen-bond acceptors (Lipinski definition) is 6. The number of benzene rings is 2. The van der Waals surface area contributed by atoms with Crippen LogP contribution < -0.4 is 0 Å². The molecule has 0 spiro atoms. The molecule has 5 rings (SSSR count). The molecule has 0 N–H and O–H groups in total. The van der Waals surface area contributed by atoms with E-state index in [0.717, 1.165) is 24.0 Å². The third-order valence-corrected chi connectivity index (χ3v) is 13.1. The average Bonchev–Trinajstić information content (AvgIpc) is 3.48. The molecule has 2 aromatic carbocycles. The summed E-state index contributed by atoms with van der Waals surface area (Å²) in [4.78, 5) is 0. The van der Waals surface area contributed by atoms with Gasteiger partial charge in [-0.15, -0.1) is 0 Å². The van der Waals surface area contributed by atoms with E-state index in [1.165, 1.54) is 0 Å². The maximum Gasteiger partial charge on any atom is 0.192 e. The Morgan fingerprint density at radius 3 is 1.97 bits per heavy atom. The van der Waals surface area contributed by atoms with E-state index in [1.807, 2.05) is 50.2 Å². The Balaban J connectivity index is 1.49. The molecule has 3 unspecified atom stereocenters. The molecule has 208 valence electrons.